The third kappa shape index (κ3) is 2.07. The highest BCUT2D eigenvalue weighted by molar-refractivity contribution is 9.10. The van der Waals surface area contributed by atoms with Crippen LogP contribution in [0.5, 0.6) is 0 Å². The molecule has 2 aromatic carbocycles. The average molecular weight is 285 g/mol. The van der Waals surface area contributed by atoms with Gasteiger partial charge in [-0.2, -0.15) is 0 Å². The fraction of sp³-hybridized carbons (Fsp3) is 0.125. The van der Waals surface area contributed by atoms with Crippen molar-refractivity contribution < 1.29 is 0 Å². The van der Waals surface area contributed by atoms with E-state index < -0.39 is 0 Å². The summed E-state index contributed by atoms with van der Waals surface area (Å²) in [6.07, 6.45) is 5.60. The molecule has 1 unspecified atom stereocenters. The number of halogens is 1. The molecule has 0 saturated heterocycles. The number of benzene rings is 2. The standard InChI is InChI=1S/C16H13Br/c17-14-10-8-13(9-11-14)16-7-3-5-12-4-1-2-6-15(12)16/h1-6,8-11,16H,7H2. The van der Waals surface area contributed by atoms with Gasteiger partial charge in [-0.25, -0.2) is 0 Å². The highest BCUT2D eigenvalue weighted by Gasteiger charge is 2.17. The summed E-state index contributed by atoms with van der Waals surface area (Å²) < 4.78 is 1.14. The summed E-state index contributed by atoms with van der Waals surface area (Å²) >= 11 is 3.49. The molecule has 0 saturated carbocycles. The van der Waals surface area contributed by atoms with E-state index in [-0.39, 0.29) is 0 Å². The van der Waals surface area contributed by atoms with Crippen molar-refractivity contribution in [3.05, 3.63) is 75.8 Å². The summed E-state index contributed by atoms with van der Waals surface area (Å²) in [6, 6.07) is 17.3. The lowest BCUT2D eigenvalue weighted by Crippen LogP contribution is -2.05. The number of hydrogen-bond acceptors (Lipinski definition) is 0. The quantitative estimate of drug-likeness (QED) is 0.691. The Kier molecular flexibility index (Phi) is 2.86. The Morgan fingerprint density at radius 2 is 1.71 bits per heavy atom. The average Bonchev–Trinajstić information content (AvgIpc) is 2.39. The van der Waals surface area contributed by atoms with Crippen molar-refractivity contribution in [3.63, 3.8) is 0 Å². The third-order valence-corrected chi connectivity index (χ3v) is 3.84. The first-order valence-electron chi connectivity index (χ1n) is 5.85. The molecule has 0 nitrogen and oxygen atoms in total. The molecule has 0 radical (unpaired) electrons. The molecule has 0 spiro atoms. The Morgan fingerprint density at radius 3 is 2.53 bits per heavy atom. The summed E-state index contributed by atoms with van der Waals surface area (Å²) in [6.45, 7) is 0. The van der Waals surface area contributed by atoms with Gasteiger partial charge in [0.2, 0.25) is 0 Å². The van der Waals surface area contributed by atoms with E-state index >= 15 is 0 Å². The molecule has 1 atom stereocenters. The van der Waals surface area contributed by atoms with Crippen molar-refractivity contribution in [1.29, 1.82) is 0 Å². The first-order chi connectivity index (χ1) is 8.34. The van der Waals surface area contributed by atoms with E-state index in [1.807, 2.05) is 0 Å². The molecule has 1 aliphatic carbocycles. The van der Waals surface area contributed by atoms with Crippen molar-refractivity contribution in [2.24, 2.45) is 0 Å². The van der Waals surface area contributed by atoms with Gasteiger partial charge in [0.05, 0.1) is 0 Å². The number of fused-ring (bicyclic) bond motifs is 1. The van der Waals surface area contributed by atoms with Gasteiger partial charge >= 0.3 is 0 Å². The fourth-order valence-electron chi connectivity index (χ4n) is 2.45. The van der Waals surface area contributed by atoms with E-state index in [9.17, 15) is 0 Å². The van der Waals surface area contributed by atoms with Crippen LogP contribution in [0, 0.1) is 0 Å². The second-order valence-electron chi connectivity index (χ2n) is 4.37. The van der Waals surface area contributed by atoms with E-state index in [1.54, 1.807) is 0 Å². The Labute approximate surface area is 110 Å². The van der Waals surface area contributed by atoms with E-state index in [4.69, 9.17) is 0 Å². The van der Waals surface area contributed by atoms with Crippen LogP contribution in [0.25, 0.3) is 6.08 Å². The van der Waals surface area contributed by atoms with Crippen LogP contribution in [0.15, 0.2) is 59.1 Å². The summed E-state index contributed by atoms with van der Waals surface area (Å²) in [4.78, 5) is 0. The van der Waals surface area contributed by atoms with Crippen LogP contribution in [-0.4, -0.2) is 0 Å². The van der Waals surface area contributed by atoms with Crippen LogP contribution in [0.3, 0.4) is 0 Å². The van der Waals surface area contributed by atoms with Crippen LogP contribution in [0.4, 0.5) is 0 Å². The zero-order valence-electron chi connectivity index (χ0n) is 9.44. The monoisotopic (exact) mass is 284 g/mol. The van der Waals surface area contributed by atoms with Gasteiger partial charge in [0.25, 0.3) is 0 Å². The predicted molar refractivity (Wildman–Crippen MR) is 76.1 cm³/mol. The van der Waals surface area contributed by atoms with Crippen molar-refractivity contribution in [2.45, 2.75) is 12.3 Å². The Morgan fingerprint density at radius 1 is 0.941 bits per heavy atom. The molecule has 3 rings (SSSR count). The van der Waals surface area contributed by atoms with E-state index in [0.29, 0.717) is 5.92 Å². The van der Waals surface area contributed by atoms with E-state index in [2.05, 4.69) is 76.6 Å². The largest absolute Gasteiger partial charge is 0.0830 e. The Hall–Kier alpha value is -1.34. The lowest BCUT2D eigenvalue weighted by molar-refractivity contribution is 0.819. The summed E-state index contributed by atoms with van der Waals surface area (Å²) in [5, 5.41) is 0. The molecule has 2 aromatic rings. The summed E-state index contributed by atoms with van der Waals surface area (Å²) in [7, 11) is 0. The fourth-order valence-corrected chi connectivity index (χ4v) is 2.71. The minimum Gasteiger partial charge on any atom is -0.0830 e. The van der Waals surface area contributed by atoms with Gasteiger partial charge in [0.1, 0.15) is 0 Å². The summed E-state index contributed by atoms with van der Waals surface area (Å²) in [5.41, 5.74) is 4.19. The second kappa shape index (κ2) is 4.50. The summed E-state index contributed by atoms with van der Waals surface area (Å²) in [5.74, 6) is 0.504. The van der Waals surface area contributed by atoms with E-state index in [0.717, 1.165) is 10.9 Å². The maximum absolute atomic E-state index is 3.49. The first kappa shape index (κ1) is 10.8. The SMILES string of the molecule is Brc1ccc(C2CC=Cc3ccccc32)cc1. The minimum atomic E-state index is 0.504. The lowest BCUT2D eigenvalue weighted by Gasteiger charge is -2.22. The van der Waals surface area contributed by atoms with Crippen LogP contribution < -0.4 is 0 Å². The normalized spacial score (nSPS) is 17.8. The molecule has 1 aliphatic rings. The van der Waals surface area contributed by atoms with Crippen LogP contribution in [0.1, 0.15) is 29.0 Å². The molecule has 0 heterocycles. The minimum absolute atomic E-state index is 0.504. The van der Waals surface area contributed by atoms with Crippen molar-refractivity contribution in [3.8, 4) is 0 Å². The van der Waals surface area contributed by atoms with Gasteiger partial charge < -0.3 is 0 Å². The van der Waals surface area contributed by atoms with Crippen molar-refractivity contribution in [2.75, 3.05) is 0 Å². The molecule has 0 N–H and O–H groups in total. The zero-order valence-corrected chi connectivity index (χ0v) is 11.0. The van der Waals surface area contributed by atoms with Gasteiger partial charge in [0.15, 0.2) is 0 Å². The maximum atomic E-state index is 3.49. The number of hydrogen-bond donors (Lipinski definition) is 0. The molecule has 0 aliphatic heterocycles. The highest BCUT2D eigenvalue weighted by Crippen LogP contribution is 2.35. The van der Waals surface area contributed by atoms with Gasteiger partial charge in [-0.15, -0.1) is 0 Å². The predicted octanol–water partition coefficient (Wildman–Crippen LogP) is 5.00. The molecule has 0 amide bonds. The molecule has 0 bridgehead atoms. The molecule has 0 aromatic heterocycles. The highest BCUT2D eigenvalue weighted by atomic mass is 79.9. The second-order valence-corrected chi connectivity index (χ2v) is 5.29. The molecular weight excluding hydrogens is 272 g/mol. The van der Waals surface area contributed by atoms with Crippen molar-refractivity contribution >= 4 is 22.0 Å². The van der Waals surface area contributed by atoms with Gasteiger partial charge in [-0.05, 0) is 35.2 Å². The van der Waals surface area contributed by atoms with Crippen molar-refractivity contribution in [1.82, 2.24) is 0 Å². The number of allylic oxidation sites excluding steroid dienone is 1. The molecular formula is C16H13Br. The lowest BCUT2D eigenvalue weighted by atomic mass is 9.82. The molecule has 17 heavy (non-hydrogen) atoms. The molecule has 0 fully saturated rings. The van der Waals surface area contributed by atoms with Gasteiger partial charge in [-0.1, -0.05) is 64.5 Å². The van der Waals surface area contributed by atoms with Crippen LogP contribution in [-0.2, 0) is 0 Å². The Bertz CT molecular complexity index is 552. The Balaban J connectivity index is 2.05. The van der Waals surface area contributed by atoms with Crippen LogP contribution in [0.2, 0.25) is 0 Å². The van der Waals surface area contributed by atoms with Crippen LogP contribution >= 0.6 is 15.9 Å². The maximum Gasteiger partial charge on any atom is 0.0175 e. The van der Waals surface area contributed by atoms with Gasteiger partial charge in [-0.3, -0.25) is 0 Å². The zero-order chi connectivity index (χ0) is 11.7. The smallest absolute Gasteiger partial charge is 0.0175 e. The third-order valence-electron chi connectivity index (χ3n) is 3.31. The molecule has 1 heteroatoms. The topological polar surface area (TPSA) is 0 Å². The van der Waals surface area contributed by atoms with E-state index in [1.165, 1.54) is 16.7 Å². The molecule has 84 valence electrons. The van der Waals surface area contributed by atoms with Gasteiger partial charge in [0, 0.05) is 10.4 Å². The number of rotatable bonds is 1. The first-order valence-corrected chi connectivity index (χ1v) is 6.65.